The average Bonchev–Trinajstić information content (AvgIpc) is 2.60. The minimum atomic E-state index is -0.442. The zero-order valence-electron chi connectivity index (χ0n) is 14.2. The summed E-state index contributed by atoms with van der Waals surface area (Å²) in [5, 5.41) is 8.87. The van der Waals surface area contributed by atoms with Crippen LogP contribution in [0.1, 0.15) is 28.8 Å². The van der Waals surface area contributed by atoms with Gasteiger partial charge in [-0.15, -0.1) is 12.4 Å². The van der Waals surface area contributed by atoms with Crippen molar-refractivity contribution >= 4 is 24.2 Å². The van der Waals surface area contributed by atoms with Crippen LogP contribution in [0.2, 0.25) is 0 Å². The first kappa shape index (κ1) is 20.4. The molecule has 0 radical (unpaired) electrons. The summed E-state index contributed by atoms with van der Waals surface area (Å²) in [4.78, 5) is 24.1. The normalized spacial score (nSPS) is 15.9. The molecule has 0 atom stereocenters. The summed E-state index contributed by atoms with van der Waals surface area (Å²) in [6, 6.07) is 7.23. The van der Waals surface area contributed by atoms with E-state index in [9.17, 15) is 9.59 Å². The van der Waals surface area contributed by atoms with Gasteiger partial charge in [0.2, 0.25) is 5.91 Å². The van der Waals surface area contributed by atoms with Gasteiger partial charge in [-0.05, 0) is 43.6 Å². The molecular weight excluding hydrogens is 330 g/mol. The SMILES string of the molecule is CNC(=O)c1ccc(CNC(=O)C2(COC)CCNCC2)cc1.Cl. The number of carbonyl (C=O) groups is 2. The van der Waals surface area contributed by atoms with Crippen molar-refractivity contribution in [2.45, 2.75) is 19.4 Å². The van der Waals surface area contributed by atoms with Crippen molar-refractivity contribution in [3.05, 3.63) is 35.4 Å². The molecule has 3 N–H and O–H groups in total. The summed E-state index contributed by atoms with van der Waals surface area (Å²) in [5.41, 5.74) is 1.13. The predicted octanol–water partition coefficient (Wildman–Crippen LogP) is 1.10. The summed E-state index contributed by atoms with van der Waals surface area (Å²) in [7, 11) is 3.24. The van der Waals surface area contributed by atoms with Gasteiger partial charge < -0.3 is 20.7 Å². The fraction of sp³-hybridized carbons (Fsp3) is 0.529. The van der Waals surface area contributed by atoms with Crippen LogP contribution in [0.25, 0.3) is 0 Å². The van der Waals surface area contributed by atoms with Crippen LogP contribution in [0.5, 0.6) is 0 Å². The molecule has 0 aromatic heterocycles. The third-order valence-electron chi connectivity index (χ3n) is 4.36. The van der Waals surface area contributed by atoms with Gasteiger partial charge in [-0.1, -0.05) is 12.1 Å². The van der Waals surface area contributed by atoms with Gasteiger partial charge in [-0.2, -0.15) is 0 Å². The predicted molar refractivity (Wildman–Crippen MR) is 95.3 cm³/mol. The lowest BCUT2D eigenvalue weighted by Gasteiger charge is -2.35. The number of hydrogen-bond donors (Lipinski definition) is 3. The molecule has 1 aromatic rings. The second-order valence-electron chi connectivity index (χ2n) is 5.92. The third-order valence-corrected chi connectivity index (χ3v) is 4.36. The van der Waals surface area contributed by atoms with E-state index in [0.717, 1.165) is 31.5 Å². The maximum absolute atomic E-state index is 12.6. The fourth-order valence-corrected chi connectivity index (χ4v) is 2.91. The highest BCUT2D eigenvalue weighted by atomic mass is 35.5. The van der Waals surface area contributed by atoms with E-state index in [1.165, 1.54) is 0 Å². The molecule has 134 valence electrons. The smallest absolute Gasteiger partial charge is 0.251 e. The van der Waals surface area contributed by atoms with Crippen LogP contribution >= 0.6 is 12.4 Å². The Morgan fingerprint density at radius 2 is 1.83 bits per heavy atom. The summed E-state index contributed by atoms with van der Waals surface area (Å²) >= 11 is 0. The highest BCUT2D eigenvalue weighted by Gasteiger charge is 2.39. The molecule has 0 saturated carbocycles. The first-order chi connectivity index (χ1) is 11.1. The minimum absolute atomic E-state index is 0. The van der Waals surface area contributed by atoms with Gasteiger partial charge in [0.25, 0.3) is 5.91 Å². The molecule has 0 spiro atoms. The Balaban J connectivity index is 0.00000288. The van der Waals surface area contributed by atoms with Crippen molar-refractivity contribution in [1.29, 1.82) is 0 Å². The molecule has 1 saturated heterocycles. The summed E-state index contributed by atoms with van der Waals surface area (Å²) in [6.45, 7) is 2.55. The molecule has 1 fully saturated rings. The van der Waals surface area contributed by atoms with Gasteiger partial charge in [-0.25, -0.2) is 0 Å². The van der Waals surface area contributed by atoms with E-state index in [0.29, 0.717) is 18.7 Å². The lowest BCUT2D eigenvalue weighted by molar-refractivity contribution is -0.136. The lowest BCUT2D eigenvalue weighted by atomic mass is 9.78. The molecule has 24 heavy (non-hydrogen) atoms. The van der Waals surface area contributed by atoms with Crippen LogP contribution in [0.3, 0.4) is 0 Å². The zero-order chi connectivity index (χ0) is 16.7. The number of piperidine rings is 1. The van der Waals surface area contributed by atoms with E-state index in [4.69, 9.17) is 4.74 Å². The van der Waals surface area contributed by atoms with E-state index in [1.54, 1.807) is 26.3 Å². The Bertz CT molecular complexity index is 537. The average molecular weight is 356 g/mol. The molecule has 2 amide bonds. The Morgan fingerprint density at radius 1 is 1.21 bits per heavy atom. The number of rotatable bonds is 6. The summed E-state index contributed by atoms with van der Waals surface area (Å²) in [6.07, 6.45) is 1.56. The highest BCUT2D eigenvalue weighted by molar-refractivity contribution is 5.94. The first-order valence-electron chi connectivity index (χ1n) is 7.90. The Labute approximate surface area is 149 Å². The monoisotopic (exact) mass is 355 g/mol. The van der Waals surface area contributed by atoms with Gasteiger partial charge >= 0.3 is 0 Å². The third kappa shape index (κ3) is 4.93. The second kappa shape index (κ2) is 9.61. The van der Waals surface area contributed by atoms with Crippen molar-refractivity contribution in [2.75, 3.05) is 33.9 Å². The number of carbonyl (C=O) groups excluding carboxylic acids is 2. The number of methoxy groups -OCH3 is 1. The molecular formula is C17H26ClN3O3. The molecule has 6 nitrogen and oxygen atoms in total. The quantitative estimate of drug-likeness (QED) is 0.714. The molecule has 1 aliphatic rings. The van der Waals surface area contributed by atoms with Crippen LogP contribution in [0.4, 0.5) is 0 Å². The van der Waals surface area contributed by atoms with E-state index >= 15 is 0 Å². The number of hydrogen-bond acceptors (Lipinski definition) is 4. The Kier molecular flexibility index (Phi) is 8.18. The van der Waals surface area contributed by atoms with Crippen LogP contribution < -0.4 is 16.0 Å². The molecule has 7 heteroatoms. The minimum Gasteiger partial charge on any atom is -0.384 e. The van der Waals surface area contributed by atoms with Crippen molar-refractivity contribution < 1.29 is 14.3 Å². The van der Waals surface area contributed by atoms with Crippen molar-refractivity contribution in [3.63, 3.8) is 0 Å². The second-order valence-corrected chi connectivity index (χ2v) is 5.92. The number of halogens is 1. The molecule has 1 aromatic carbocycles. The maximum Gasteiger partial charge on any atom is 0.251 e. The molecule has 0 unspecified atom stereocenters. The van der Waals surface area contributed by atoms with E-state index < -0.39 is 5.41 Å². The van der Waals surface area contributed by atoms with E-state index in [-0.39, 0.29) is 24.2 Å². The topological polar surface area (TPSA) is 79.5 Å². The number of ether oxygens (including phenoxy) is 1. The summed E-state index contributed by atoms with van der Waals surface area (Å²) < 4.78 is 5.28. The van der Waals surface area contributed by atoms with Gasteiger partial charge in [0.15, 0.2) is 0 Å². The fourth-order valence-electron chi connectivity index (χ4n) is 2.91. The van der Waals surface area contributed by atoms with Crippen LogP contribution in [-0.4, -0.2) is 45.7 Å². The van der Waals surface area contributed by atoms with Crippen LogP contribution in [-0.2, 0) is 16.1 Å². The van der Waals surface area contributed by atoms with Crippen LogP contribution in [0.15, 0.2) is 24.3 Å². The van der Waals surface area contributed by atoms with Crippen molar-refractivity contribution in [1.82, 2.24) is 16.0 Å². The number of benzene rings is 1. The molecule has 0 aliphatic carbocycles. The zero-order valence-corrected chi connectivity index (χ0v) is 15.0. The van der Waals surface area contributed by atoms with E-state index in [2.05, 4.69) is 16.0 Å². The first-order valence-corrected chi connectivity index (χ1v) is 7.90. The summed E-state index contributed by atoms with van der Waals surface area (Å²) in [5.74, 6) is -0.0782. The standard InChI is InChI=1S/C17H25N3O3.ClH/c1-18-15(21)14-5-3-13(4-6-14)11-20-16(22)17(12-23-2)7-9-19-10-8-17;/h3-6,19H,7-12H2,1-2H3,(H,18,21)(H,20,22);1H. The van der Waals surface area contributed by atoms with Crippen LogP contribution in [0, 0.1) is 5.41 Å². The van der Waals surface area contributed by atoms with E-state index in [1.807, 2.05) is 12.1 Å². The maximum atomic E-state index is 12.6. The van der Waals surface area contributed by atoms with Gasteiger partial charge in [-0.3, -0.25) is 9.59 Å². The van der Waals surface area contributed by atoms with Gasteiger partial charge in [0.05, 0.1) is 12.0 Å². The van der Waals surface area contributed by atoms with Crippen molar-refractivity contribution in [3.8, 4) is 0 Å². The molecule has 0 bridgehead atoms. The number of amides is 2. The molecule has 1 aliphatic heterocycles. The Morgan fingerprint density at radius 3 is 2.38 bits per heavy atom. The molecule has 2 rings (SSSR count). The lowest BCUT2D eigenvalue weighted by Crippen LogP contribution is -2.49. The van der Waals surface area contributed by atoms with Crippen molar-refractivity contribution in [2.24, 2.45) is 5.41 Å². The van der Waals surface area contributed by atoms with Gasteiger partial charge in [0.1, 0.15) is 0 Å². The highest BCUT2D eigenvalue weighted by Crippen LogP contribution is 2.29. The van der Waals surface area contributed by atoms with Gasteiger partial charge in [0, 0.05) is 26.3 Å². The Hall–Kier alpha value is -1.63. The molecule has 1 heterocycles. The number of nitrogens with one attached hydrogen (secondary N) is 3. The largest absolute Gasteiger partial charge is 0.384 e.